The van der Waals surface area contributed by atoms with Gasteiger partial charge >= 0.3 is 6.09 Å². The van der Waals surface area contributed by atoms with Gasteiger partial charge in [-0.05, 0) is 96.6 Å². The molecule has 212 valence electrons. The molecule has 0 heterocycles. The first-order valence-corrected chi connectivity index (χ1v) is 13.6. The molecule has 2 aromatic carbocycles. The van der Waals surface area contributed by atoms with Gasteiger partial charge < -0.3 is 25.4 Å². The van der Waals surface area contributed by atoms with Crippen LogP contribution in [-0.2, 0) is 20.7 Å². The number of aryl methyl sites for hydroxylation is 1. The molecule has 2 unspecified atom stereocenters. The zero-order valence-electron chi connectivity index (χ0n) is 24.2. The van der Waals surface area contributed by atoms with Gasteiger partial charge in [0, 0.05) is 18.0 Å². The lowest BCUT2D eigenvalue weighted by molar-refractivity contribution is -0.148. The topological polar surface area (TPSA) is 108 Å². The van der Waals surface area contributed by atoms with Crippen molar-refractivity contribution < 1.29 is 24.2 Å². The van der Waals surface area contributed by atoms with Gasteiger partial charge in [0.05, 0.1) is 0 Å². The third kappa shape index (κ3) is 8.47. The van der Waals surface area contributed by atoms with Gasteiger partial charge in [-0.25, -0.2) is 4.79 Å². The van der Waals surface area contributed by atoms with Crippen LogP contribution < -0.4 is 10.6 Å². The van der Waals surface area contributed by atoms with Crippen molar-refractivity contribution in [1.82, 2.24) is 15.5 Å². The van der Waals surface area contributed by atoms with Crippen LogP contribution in [0.1, 0.15) is 83.5 Å². The number of hydrogen-bond acceptors (Lipinski definition) is 5. The molecule has 8 nitrogen and oxygen atoms in total. The first kappa shape index (κ1) is 30.0. The molecule has 2 aromatic rings. The van der Waals surface area contributed by atoms with Crippen LogP contribution >= 0.6 is 0 Å². The summed E-state index contributed by atoms with van der Waals surface area (Å²) in [4.78, 5) is 42.9. The Balaban J connectivity index is 2.06. The van der Waals surface area contributed by atoms with Gasteiger partial charge in [0.15, 0.2) is 0 Å². The molecule has 0 spiro atoms. The van der Waals surface area contributed by atoms with E-state index < -0.39 is 29.3 Å². The summed E-state index contributed by atoms with van der Waals surface area (Å²) in [5.74, 6) is -0.509. The molecule has 1 fully saturated rings. The Labute approximate surface area is 232 Å². The molecule has 2 atom stereocenters. The number of nitrogens with one attached hydrogen (secondary N) is 2. The van der Waals surface area contributed by atoms with E-state index in [0.717, 1.165) is 36.0 Å². The fourth-order valence-electron chi connectivity index (χ4n) is 4.63. The normalized spacial score (nSPS) is 15.5. The second-order valence-electron chi connectivity index (χ2n) is 12.4. The highest BCUT2D eigenvalue weighted by Gasteiger charge is 2.43. The smallest absolute Gasteiger partial charge is 0.408 e. The second-order valence-corrected chi connectivity index (χ2v) is 12.4. The SMILES string of the molecule is Cc1ccccc1C(C(=O)NC(C)(C)C)N(C(=O)C(Cc1ccc(O)cc1)NC(=O)OC(C)(C)C)C1CCC1. The van der Waals surface area contributed by atoms with E-state index in [1.54, 1.807) is 49.9 Å². The first-order chi connectivity index (χ1) is 18.1. The Hall–Kier alpha value is -3.55. The summed E-state index contributed by atoms with van der Waals surface area (Å²) in [7, 11) is 0. The minimum atomic E-state index is -0.987. The summed E-state index contributed by atoms with van der Waals surface area (Å²) in [6.45, 7) is 12.9. The lowest BCUT2D eigenvalue weighted by Gasteiger charge is -2.44. The molecule has 39 heavy (non-hydrogen) atoms. The third-order valence-corrected chi connectivity index (χ3v) is 6.60. The summed E-state index contributed by atoms with van der Waals surface area (Å²) in [6, 6.07) is 12.1. The van der Waals surface area contributed by atoms with Gasteiger partial charge in [0.2, 0.25) is 11.8 Å². The van der Waals surface area contributed by atoms with Gasteiger partial charge in [-0.15, -0.1) is 0 Å². The summed E-state index contributed by atoms with van der Waals surface area (Å²) in [5, 5.41) is 15.6. The maximum absolute atomic E-state index is 14.5. The largest absolute Gasteiger partial charge is 0.508 e. The van der Waals surface area contributed by atoms with Crippen LogP contribution in [0.4, 0.5) is 4.79 Å². The molecular formula is C31H43N3O5. The first-order valence-electron chi connectivity index (χ1n) is 13.6. The van der Waals surface area contributed by atoms with Crippen LogP contribution in [0.2, 0.25) is 0 Å². The van der Waals surface area contributed by atoms with Crippen LogP contribution in [0.5, 0.6) is 5.75 Å². The Bertz CT molecular complexity index is 1160. The minimum absolute atomic E-state index is 0.108. The van der Waals surface area contributed by atoms with Gasteiger partial charge in [-0.1, -0.05) is 36.4 Å². The standard InChI is InChI=1S/C31H43N3O5/c1-20-11-8-9-14-24(20)26(27(36)33-30(2,3)4)34(22-12-10-13-22)28(37)25(32-29(38)39-31(5,6)7)19-21-15-17-23(35)18-16-21/h8-9,11,14-18,22,25-26,35H,10,12-13,19H2,1-7H3,(H,32,38)(H,33,36). The fraction of sp³-hybridized carbons (Fsp3) is 0.516. The molecule has 0 saturated heterocycles. The number of carbonyl (C=O) groups is 3. The average molecular weight is 538 g/mol. The fourth-order valence-corrected chi connectivity index (χ4v) is 4.63. The zero-order valence-corrected chi connectivity index (χ0v) is 24.2. The predicted octanol–water partition coefficient (Wildman–Crippen LogP) is 5.17. The number of aromatic hydroxyl groups is 1. The van der Waals surface area contributed by atoms with E-state index >= 15 is 0 Å². The van der Waals surface area contributed by atoms with Crippen LogP contribution in [-0.4, -0.2) is 51.1 Å². The number of alkyl carbamates (subject to hydrolysis) is 1. The summed E-state index contributed by atoms with van der Waals surface area (Å²) in [5.41, 5.74) is 1.15. The molecule has 3 N–H and O–H groups in total. The monoisotopic (exact) mass is 537 g/mol. The van der Waals surface area contributed by atoms with Gasteiger partial charge in [0.1, 0.15) is 23.4 Å². The van der Waals surface area contributed by atoms with E-state index in [1.165, 1.54) is 0 Å². The third-order valence-electron chi connectivity index (χ3n) is 6.60. The highest BCUT2D eigenvalue weighted by atomic mass is 16.6. The highest BCUT2D eigenvalue weighted by Crippen LogP contribution is 2.35. The molecule has 0 aliphatic heterocycles. The summed E-state index contributed by atoms with van der Waals surface area (Å²) in [6.07, 6.45) is 1.96. The molecule has 1 aliphatic carbocycles. The number of nitrogens with zero attached hydrogens (tertiary/aromatic N) is 1. The lowest BCUT2D eigenvalue weighted by atomic mass is 9.86. The molecule has 3 rings (SSSR count). The highest BCUT2D eigenvalue weighted by molar-refractivity contribution is 5.93. The summed E-state index contributed by atoms with van der Waals surface area (Å²) < 4.78 is 5.49. The number of phenols is 1. The quantitative estimate of drug-likeness (QED) is 0.430. The van der Waals surface area contributed by atoms with E-state index in [-0.39, 0.29) is 30.0 Å². The zero-order chi connectivity index (χ0) is 29.0. The number of benzene rings is 2. The van der Waals surface area contributed by atoms with E-state index in [2.05, 4.69) is 10.6 Å². The van der Waals surface area contributed by atoms with Crippen molar-refractivity contribution in [2.75, 3.05) is 0 Å². The Morgan fingerprint density at radius 2 is 1.62 bits per heavy atom. The number of ether oxygens (including phenoxy) is 1. The summed E-state index contributed by atoms with van der Waals surface area (Å²) >= 11 is 0. The van der Waals surface area contributed by atoms with Crippen LogP contribution in [0.3, 0.4) is 0 Å². The molecule has 0 aromatic heterocycles. The van der Waals surface area contributed by atoms with Crippen molar-refractivity contribution in [2.24, 2.45) is 0 Å². The molecule has 1 saturated carbocycles. The number of phenolic OH excluding ortho intramolecular Hbond substituents is 1. The Morgan fingerprint density at radius 1 is 1.00 bits per heavy atom. The van der Waals surface area contributed by atoms with Gasteiger partial charge in [-0.3, -0.25) is 9.59 Å². The second kappa shape index (κ2) is 12.1. The number of amides is 3. The van der Waals surface area contributed by atoms with Crippen molar-refractivity contribution >= 4 is 17.9 Å². The number of carbonyl (C=O) groups excluding carboxylic acids is 3. The van der Waals surface area contributed by atoms with Crippen molar-refractivity contribution in [3.05, 3.63) is 65.2 Å². The van der Waals surface area contributed by atoms with Crippen LogP contribution in [0.25, 0.3) is 0 Å². The average Bonchev–Trinajstić information content (AvgIpc) is 2.76. The Morgan fingerprint density at radius 3 is 2.13 bits per heavy atom. The minimum Gasteiger partial charge on any atom is -0.508 e. The molecular weight excluding hydrogens is 494 g/mol. The maximum Gasteiger partial charge on any atom is 0.408 e. The van der Waals surface area contributed by atoms with Crippen molar-refractivity contribution in [3.63, 3.8) is 0 Å². The lowest BCUT2D eigenvalue weighted by Crippen LogP contribution is -2.59. The van der Waals surface area contributed by atoms with Gasteiger partial charge in [-0.2, -0.15) is 0 Å². The van der Waals surface area contributed by atoms with Crippen LogP contribution in [0.15, 0.2) is 48.5 Å². The van der Waals surface area contributed by atoms with E-state index in [9.17, 15) is 19.5 Å². The van der Waals surface area contributed by atoms with Crippen LogP contribution in [0, 0.1) is 6.92 Å². The molecule has 0 bridgehead atoms. The number of rotatable bonds is 8. The van der Waals surface area contributed by atoms with Crippen molar-refractivity contribution in [1.29, 1.82) is 0 Å². The van der Waals surface area contributed by atoms with Crippen molar-refractivity contribution in [2.45, 2.75) is 103 Å². The van der Waals surface area contributed by atoms with E-state index in [1.807, 2.05) is 52.0 Å². The number of hydrogen-bond donors (Lipinski definition) is 3. The van der Waals surface area contributed by atoms with Gasteiger partial charge in [0.25, 0.3) is 0 Å². The molecule has 0 radical (unpaired) electrons. The Kier molecular flexibility index (Phi) is 9.30. The molecule has 8 heteroatoms. The van der Waals surface area contributed by atoms with E-state index in [0.29, 0.717) is 0 Å². The molecule has 3 amide bonds. The van der Waals surface area contributed by atoms with E-state index in [4.69, 9.17) is 4.74 Å². The maximum atomic E-state index is 14.5. The van der Waals surface area contributed by atoms with Crippen molar-refractivity contribution in [3.8, 4) is 5.75 Å². The molecule has 1 aliphatic rings. The predicted molar refractivity (Wildman–Crippen MR) is 151 cm³/mol.